The van der Waals surface area contributed by atoms with E-state index >= 15 is 0 Å². The summed E-state index contributed by atoms with van der Waals surface area (Å²) in [5.41, 5.74) is 1.01. The zero-order chi connectivity index (χ0) is 20.4. The van der Waals surface area contributed by atoms with E-state index in [1.165, 1.54) is 28.0 Å². The number of nitrogens with one attached hydrogen (secondary N) is 1. The van der Waals surface area contributed by atoms with E-state index in [-0.39, 0.29) is 29.1 Å². The molecular weight excluding hydrogens is 417 g/mol. The summed E-state index contributed by atoms with van der Waals surface area (Å²) in [4.78, 5) is 0.919. The zero-order valence-electron chi connectivity index (χ0n) is 15.2. The van der Waals surface area contributed by atoms with Gasteiger partial charge in [0.25, 0.3) is 0 Å². The van der Waals surface area contributed by atoms with Gasteiger partial charge in [0, 0.05) is 23.1 Å². The molecule has 0 saturated heterocycles. The molecule has 11 heteroatoms. The molecule has 0 aliphatic rings. The van der Waals surface area contributed by atoms with Gasteiger partial charge in [-0.05, 0) is 37.3 Å². The molecule has 3 heterocycles. The Kier molecular flexibility index (Phi) is 5.26. The Morgan fingerprint density at radius 3 is 2.79 bits per heavy atom. The molecule has 150 valence electrons. The normalized spacial score (nSPS) is 11.8. The first-order valence-corrected chi connectivity index (χ1v) is 10.9. The van der Waals surface area contributed by atoms with Crippen molar-refractivity contribution in [3.05, 3.63) is 59.2 Å². The molecule has 4 rings (SSSR count). The van der Waals surface area contributed by atoms with Gasteiger partial charge in [0.05, 0.1) is 0 Å². The fraction of sp³-hybridized carbons (Fsp3) is 0.167. The minimum Gasteiger partial charge on any atom is -0.475 e. The van der Waals surface area contributed by atoms with Crippen molar-refractivity contribution in [2.24, 2.45) is 0 Å². The summed E-state index contributed by atoms with van der Waals surface area (Å²) in [6.45, 7) is 2.01. The van der Waals surface area contributed by atoms with Crippen LogP contribution in [0.4, 0.5) is 4.39 Å². The molecule has 0 amide bonds. The van der Waals surface area contributed by atoms with Gasteiger partial charge in [0.1, 0.15) is 16.6 Å². The highest BCUT2D eigenvalue weighted by atomic mass is 32.2. The van der Waals surface area contributed by atoms with Gasteiger partial charge in [-0.25, -0.2) is 17.5 Å². The van der Waals surface area contributed by atoms with E-state index in [1.807, 2.05) is 6.92 Å². The van der Waals surface area contributed by atoms with Crippen LogP contribution in [0.1, 0.15) is 4.88 Å². The van der Waals surface area contributed by atoms with Gasteiger partial charge in [0.15, 0.2) is 11.5 Å². The minimum atomic E-state index is -3.56. The molecular formula is C18H16FN5O3S2. The number of benzene rings is 1. The summed E-state index contributed by atoms with van der Waals surface area (Å²) in [6.07, 6.45) is 0. The molecule has 8 nitrogen and oxygen atoms in total. The van der Waals surface area contributed by atoms with Gasteiger partial charge in [-0.1, -0.05) is 12.1 Å². The molecule has 0 aliphatic heterocycles. The van der Waals surface area contributed by atoms with E-state index in [1.54, 1.807) is 36.4 Å². The van der Waals surface area contributed by atoms with Crippen LogP contribution in [0.2, 0.25) is 0 Å². The number of sulfonamides is 1. The molecule has 0 spiro atoms. The van der Waals surface area contributed by atoms with Crippen LogP contribution in [-0.2, 0) is 10.0 Å². The van der Waals surface area contributed by atoms with Crippen molar-refractivity contribution >= 4 is 27.0 Å². The number of aromatic nitrogens is 4. The van der Waals surface area contributed by atoms with Crippen LogP contribution in [0.15, 0.2) is 52.7 Å². The van der Waals surface area contributed by atoms with Crippen molar-refractivity contribution in [3.8, 4) is 17.3 Å². The molecule has 1 N–H and O–H groups in total. The predicted molar refractivity (Wildman–Crippen MR) is 106 cm³/mol. The third-order valence-corrected chi connectivity index (χ3v) is 6.90. The first-order valence-electron chi connectivity index (χ1n) is 8.60. The Labute approximate surface area is 170 Å². The number of ether oxygens (including phenoxy) is 1. The van der Waals surface area contributed by atoms with E-state index in [0.717, 1.165) is 4.88 Å². The van der Waals surface area contributed by atoms with E-state index in [9.17, 15) is 12.8 Å². The molecule has 3 aromatic heterocycles. The number of rotatable bonds is 7. The highest BCUT2D eigenvalue weighted by Crippen LogP contribution is 2.21. The fourth-order valence-corrected chi connectivity index (χ4v) is 4.96. The first-order chi connectivity index (χ1) is 13.9. The van der Waals surface area contributed by atoms with Crippen LogP contribution in [0, 0.1) is 12.7 Å². The highest BCUT2D eigenvalue weighted by Gasteiger charge is 2.16. The Morgan fingerprint density at radius 2 is 2.03 bits per heavy atom. The van der Waals surface area contributed by atoms with Gasteiger partial charge < -0.3 is 4.74 Å². The van der Waals surface area contributed by atoms with Crippen LogP contribution in [0.3, 0.4) is 0 Å². The maximum Gasteiger partial charge on any atom is 0.250 e. The molecule has 4 aromatic rings. The van der Waals surface area contributed by atoms with Crippen LogP contribution in [-0.4, -0.2) is 41.4 Å². The topological polar surface area (TPSA) is 98.5 Å². The Bertz CT molecular complexity index is 1270. The number of halogens is 1. The number of hydrogen-bond acceptors (Lipinski definition) is 7. The Balaban J connectivity index is 1.44. The van der Waals surface area contributed by atoms with E-state index < -0.39 is 10.0 Å². The van der Waals surface area contributed by atoms with Crippen LogP contribution in [0.5, 0.6) is 5.88 Å². The zero-order valence-corrected chi connectivity index (χ0v) is 16.9. The van der Waals surface area contributed by atoms with Crippen molar-refractivity contribution in [2.45, 2.75) is 11.1 Å². The number of thiophene rings is 1. The second kappa shape index (κ2) is 7.85. The van der Waals surface area contributed by atoms with Crippen LogP contribution < -0.4 is 9.46 Å². The van der Waals surface area contributed by atoms with E-state index in [4.69, 9.17) is 4.74 Å². The summed E-state index contributed by atoms with van der Waals surface area (Å²) in [6, 6.07) is 12.6. The molecule has 0 fully saturated rings. The largest absolute Gasteiger partial charge is 0.475 e. The first kappa shape index (κ1) is 19.4. The van der Waals surface area contributed by atoms with E-state index in [2.05, 4.69) is 20.0 Å². The average Bonchev–Trinajstić information content (AvgIpc) is 3.31. The quantitative estimate of drug-likeness (QED) is 0.450. The standard InChI is InChI=1S/C18H16FN5O3S2/c1-12-5-8-17(28-12)29(25,26)20-9-10-27-16-7-6-15-21-22-18(24(15)23-16)13-3-2-4-14(19)11-13/h2-8,11,20H,9-10H2,1H3. The van der Waals surface area contributed by atoms with Crippen molar-refractivity contribution in [2.75, 3.05) is 13.2 Å². The predicted octanol–water partition coefficient (Wildman–Crippen LogP) is 2.66. The molecule has 0 radical (unpaired) electrons. The lowest BCUT2D eigenvalue weighted by molar-refractivity contribution is 0.306. The maximum atomic E-state index is 13.5. The minimum absolute atomic E-state index is 0.0813. The monoisotopic (exact) mass is 433 g/mol. The van der Waals surface area contributed by atoms with Crippen molar-refractivity contribution < 1.29 is 17.5 Å². The molecule has 1 aromatic carbocycles. The Hall–Kier alpha value is -2.89. The van der Waals surface area contributed by atoms with Crippen LogP contribution in [0.25, 0.3) is 17.0 Å². The smallest absolute Gasteiger partial charge is 0.250 e. The third-order valence-electron chi connectivity index (χ3n) is 3.95. The summed E-state index contributed by atoms with van der Waals surface area (Å²) in [5.74, 6) is 0.250. The highest BCUT2D eigenvalue weighted by molar-refractivity contribution is 7.91. The number of nitrogens with zero attached hydrogens (tertiary/aromatic N) is 4. The SMILES string of the molecule is Cc1ccc(S(=O)(=O)NCCOc2ccc3nnc(-c4cccc(F)c4)n3n2)s1. The molecule has 0 aliphatic carbocycles. The molecule has 0 atom stereocenters. The van der Waals surface area contributed by atoms with E-state index in [0.29, 0.717) is 17.0 Å². The summed E-state index contributed by atoms with van der Waals surface area (Å²) < 4.78 is 47.7. The van der Waals surface area contributed by atoms with Gasteiger partial charge in [-0.2, -0.15) is 4.52 Å². The Morgan fingerprint density at radius 1 is 1.17 bits per heavy atom. The lowest BCUT2D eigenvalue weighted by atomic mass is 10.2. The molecule has 0 bridgehead atoms. The number of fused-ring (bicyclic) bond motifs is 1. The second-order valence-corrected chi connectivity index (χ2v) is 9.37. The number of hydrogen-bond donors (Lipinski definition) is 1. The van der Waals surface area contributed by atoms with Crippen molar-refractivity contribution in [1.29, 1.82) is 0 Å². The molecule has 0 unspecified atom stereocenters. The third kappa shape index (κ3) is 4.26. The van der Waals surface area contributed by atoms with Gasteiger partial charge in [0.2, 0.25) is 15.9 Å². The average molecular weight is 433 g/mol. The molecule has 29 heavy (non-hydrogen) atoms. The van der Waals surface area contributed by atoms with Crippen molar-refractivity contribution in [1.82, 2.24) is 24.5 Å². The second-order valence-electron chi connectivity index (χ2n) is 6.09. The van der Waals surface area contributed by atoms with Gasteiger partial charge in [-0.15, -0.1) is 26.6 Å². The maximum absolute atomic E-state index is 13.5. The van der Waals surface area contributed by atoms with Gasteiger partial charge in [-0.3, -0.25) is 0 Å². The van der Waals surface area contributed by atoms with Gasteiger partial charge >= 0.3 is 0 Å². The van der Waals surface area contributed by atoms with Crippen molar-refractivity contribution in [3.63, 3.8) is 0 Å². The van der Waals surface area contributed by atoms with Crippen LogP contribution >= 0.6 is 11.3 Å². The lowest BCUT2D eigenvalue weighted by Crippen LogP contribution is -2.27. The summed E-state index contributed by atoms with van der Waals surface area (Å²) in [5, 5.41) is 12.4. The lowest BCUT2D eigenvalue weighted by Gasteiger charge is -2.07. The molecule has 0 saturated carbocycles. The summed E-state index contributed by atoms with van der Waals surface area (Å²) in [7, 11) is -3.56. The number of aryl methyl sites for hydroxylation is 1. The fourth-order valence-electron chi connectivity index (χ4n) is 2.62. The summed E-state index contributed by atoms with van der Waals surface area (Å²) >= 11 is 1.20.